The van der Waals surface area contributed by atoms with Gasteiger partial charge >= 0.3 is 0 Å². The zero-order valence-corrected chi connectivity index (χ0v) is 13.6. The molecule has 4 nitrogen and oxygen atoms in total. The Kier molecular flexibility index (Phi) is 3.82. The van der Waals surface area contributed by atoms with Crippen LogP contribution >= 0.6 is 0 Å². The molecule has 1 aromatic heterocycles. The van der Waals surface area contributed by atoms with Gasteiger partial charge in [-0.15, -0.1) is 0 Å². The van der Waals surface area contributed by atoms with Gasteiger partial charge in [-0.3, -0.25) is 4.79 Å². The summed E-state index contributed by atoms with van der Waals surface area (Å²) in [6, 6.07) is 11.2. The second-order valence-corrected chi connectivity index (χ2v) is 5.39. The Morgan fingerprint density at radius 2 is 1.61 bits per heavy atom. The smallest absolute Gasteiger partial charge is 0.235 e. The van der Waals surface area contributed by atoms with E-state index < -0.39 is 0 Å². The molecular formula is C19H18O4. The van der Waals surface area contributed by atoms with Gasteiger partial charge in [-0.1, -0.05) is 30.3 Å². The van der Waals surface area contributed by atoms with E-state index in [1.54, 1.807) is 13.2 Å². The van der Waals surface area contributed by atoms with Crippen molar-refractivity contribution < 1.29 is 13.9 Å². The maximum absolute atomic E-state index is 12.8. The molecule has 0 fully saturated rings. The Morgan fingerprint density at radius 1 is 0.957 bits per heavy atom. The fraction of sp³-hybridized carbons (Fsp3) is 0.211. The van der Waals surface area contributed by atoms with E-state index in [2.05, 4.69) is 0 Å². The van der Waals surface area contributed by atoms with Crippen molar-refractivity contribution in [3.05, 3.63) is 57.7 Å². The highest BCUT2D eigenvalue weighted by atomic mass is 16.5. The summed E-state index contributed by atoms with van der Waals surface area (Å²) in [4.78, 5) is 12.8. The molecule has 0 bridgehead atoms. The third kappa shape index (κ3) is 2.36. The average molecular weight is 310 g/mol. The van der Waals surface area contributed by atoms with E-state index in [1.165, 1.54) is 7.11 Å². The van der Waals surface area contributed by atoms with Crippen LogP contribution in [0.4, 0.5) is 0 Å². The van der Waals surface area contributed by atoms with Crippen molar-refractivity contribution >= 4 is 11.0 Å². The summed E-state index contributed by atoms with van der Waals surface area (Å²) in [6.45, 7) is 3.79. The zero-order chi connectivity index (χ0) is 16.6. The second kappa shape index (κ2) is 5.80. The van der Waals surface area contributed by atoms with Crippen LogP contribution in [0.15, 0.2) is 45.6 Å². The minimum absolute atomic E-state index is 0.179. The topological polar surface area (TPSA) is 48.7 Å². The average Bonchev–Trinajstić information content (AvgIpc) is 2.57. The third-order valence-electron chi connectivity index (χ3n) is 3.95. The highest BCUT2D eigenvalue weighted by Crippen LogP contribution is 2.35. The van der Waals surface area contributed by atoms with Crippen LogP contribution in [-0.2, 0) is 0 Å². The van der Waals surface area contributed by atoms with Crippen molar-refractivity contribution in [2.24, 2.45) is 0 Å². The summed E-state index contributed by atoms with van der Waals surface area (Å²) in [5, 5.41) is 0.498. The minimum Gasteiger partial charge on any atom is -0.496 e. The molecule has 23 heavy (non-hydrogen) atoms. The number of hydrogen-bond donors (Lipinski definition) is 0. The predicted octanol–water partition coefficient (Wildman–Crippen LogP) is 4.09. The fourth-order valence-corrected chi connectivity index (χ4v) is 2.90. The van der Waals surface area contributed by atoms with Crippen LogP contribution in [0.5, 0.6) is 11.5 Å². The zero-order valence-electron chi connectivity index (χ0n) is 13.6. The molecule has 0 unspecified atom stereocenters. The Balaban J connectivity index is 2.45. The number of fused-ring (bicyclic) bond motifs is 1. The van der Waals surface area contributed by atoms with E-state index in [-0.39, 0.29) is 11.2 Å². The van der Waals surface area contributed by atoms with Crippen molar-refractivity contribution in [2.45, 2.75) is 13.8 Å². The number of ether oxygens (including phenoxy) is 2. The Hall–Kier alpha value is -2.75. The molecule has 0 radical (unpaired) electrons. The first kappa shape index (κ1) is 15.2. The molecular weight excluding hydrogens is 292 g/mol. The maximum atomic E-state index is 12.8. The highest BCUT2D eigenvalue weighted by molar-refractivity contribution is 5.87. The Labute approximate surface area is 134 Å². The van der Waals surface area contributed by atoms with Crippen LogP contribution in [0.2, 0.25) is 0 Å². The molecule has 2 aromatic carbocycles. The first-order valence-electron chi connectivity index (χ1n) is 7.33. The lowest BCUT2D eigenvalue weighted by Gasteiger charge is -2.14. The third-order valence-corrected chi connectivity index (χ3v) is 3.95. The lowest BCUT2D eigenvalue weighted by atomic mass is 10.0. The Bertz CT molecular complexity index is 924. The standard InChI is InChI=1S/C19H18O4/c1-11-10-14-15(20)19(22-4)18(13-8-6-5-7-9-13)23-17(14)12(2)16(11)21-3/h5-10H,1-4H3. The summed E-state index contributed by atoms with van der Waals surface area (Å²) in [5.41, 5.74) is 2.83. The Morgan fingerprint density at radius 3 is 2.22 bits per heavy atom. The van der Waals surface area contributed by atoms with Crippen LogP contribution in [-0.4, -0.2) is 14.2 Å². The first-order valence-corrected chi connectivity index (χ1v) is 7.33. The van der Waals surface area contributed by atoms with Gasteiger partial charge in [0.2, 0.25) is 11.2 Å². The van der Waals surface area contributed by atoms with Gasteiger partial charge < -0.3 is 13.9 Å². The summed E-state index contributed by atoms with van der Waals surface area (Å²) in [7, 11) is 3.09. The molecule has 0 N–H and O–H groups in total. The highest BCUT2D eigenvalue weighted by Gasteiger charge is 2.20. The molecule has 4 heteroatoms. The first-order chi connectivity index (χ1) is 11.1. The van der Waals surface area contributed by atoms with E-state index in [0.29, 0.717) is 16.7 Å². The largest absolute Gasteiger partial charge is 0.496 e. The molecule has 118 valence electrons. The van der Waals surface area contributed by atoms with Gasteiger partial charge in [0.15, 0.2) is 5.76 Å². The van der Waals surface area contributed by atoms with E-state index in [9.17, 15) is 4.79 Å². The van der Waals surface area contributed by atoms with Gasteiger partial charge in [-0.25, -0.2) is 0 Å². The summed E-state index contributed by atoms with van der Waals surface area (Å²) in [6.07, 6.45) is 0. The van der Waals surface area contributed by atoms with Crippen molar-refractivity contribution in [2.75, 3.05) is 14.2 Å². The van der Waals surface area contributed by atoms with E-state index >= 15 is 0 Å². The molecule has 3 rings (SSSR count). The van der Waals surface area contributed by atoms with Crippen molar-refractivity contribution in [3.63, 3.8) is 0 Å². The fourth-order valence-electron chi connectivity index (χ4n) is 2.90. The molecule has 0 aliphatic carbocycles. The van der Waals surface area contributed by atoms with Crippen LogP contribution < -0.4 is 14.9 Å². The van der Waals surface area contributed by atoms with E-state index in [1.807, 2.05) is 44.2 Å². The quantitative estimate of drug-likeness (QED) is 0.731. The number of aryl methyl sites for hydroxylation is 2. The number of methoxy groups -OCH3 is 2. The van der Waals surface area contributed by atoms with Gasteiger partial charge in [-0.05, 0) is 25.5 Å². The number of hydrogen-bond acceptors (Lipinski definition) is 4. The monoisotopic (exact) mass is 310 g/mol. The van der Waals surface area contributed by atoms with Gasteiger partial charge in [0.05, 0.1) is 19.6 Å². The van der Waals surface area contributed by atoms with Crippen LogP contribution in [0.1, 0.15) is 11.1 Å². The molecule has 0 atom stereocenters. The van der Waals surface area contributed by atoms with Crippen molar-refractivity contribution in [1.82, 2.24) is 0 Å². The van der Waals surface area contributed by atoms with Crippen molar-refractivity contribution in [1.29, 1.82) is 0 Å². The van der Waals surface area contributed by atoms with E-state index in [4.69, 9.17) is 13.9 Å². The summed E-state index contributed by atoms with van der Waals surface area (Å²) < 4.78 is 16.8. The van der Waals surface area contributed by atoms with Crippen LogP contribution in [0.3, 0.4) is 0 Å². The van der Waals surface area contributed by atoms with E-state index in [0.717, 1.165) is 22.4 Å². The molecule has 3 aromatic rings. The lowest BCUT2D eigenvalue weighted by molar-refractivity contribution is 0.396. The van der Waals surface area contributed by atoms with Gasteiger partial charge in [0.1, 0.15) is 11.3 Å². The summed E-state index contributed by atoms with van der Waals surface area (Å²) in [5.74, 6) is 1.37. The normalized spacial score (nSPS) is 10.8. The minimum atomic E-state index is -0.179. The maximum Gasteiger partial charge on any atom is 0.235 e. The predicted molar refractivity (Wildman–Crippen MR) is 90.5 cm³/mol. The van der Waals surface area contributed by atoms with Gasteiger partial charge in [0, 0.05) is 11.1 Å². The molecule has 0 aliphatic heterocycles. The van der Waals surface area contributed by atoms with Crippen molar-refractivity contribution in [3.8, 4) is 22.8 Å². The number of benzene rings is 2. The summed E-state index contributed by atoms with van der Waals surface area (Å²) >= 11 is 0. The number of rotatable bonds is 3. The lowest BCUT2D eigenvalue weighted by Crippen LogP contribution is -2.09. The van der Waals surface area contributed by atoms with Crippen LogP contribution in [0.25, 0.3) is 22.3 Å². The molecule has 0 spiro atoms. The second-order valence-electron chi connectivity index (χ2n) is 5.39. The van der Waals surface area contributed by atoms with Gasteiger partial charge in [0.25, 0.3) is 0 Å². The van der Waals surface area contributed by atoms with Crippen LogP contribution in [0, 0.1) is 13.8 Å². The molecule has 0 saturated carbocycles. The van der Waals surface area contributed by atoms with Gasteiger partial charge in [-0.2, -0.15) is 0 Å². The molecule has 1 heterocycles. The molecule has 0 amide bonds. The molecule has 0 aliphatic rings. The molecule has 0 saturated heterocycles. The SMILES string of the molecule is COc1c(C)cc2c(=O)c(OC)c(-c3ccccc3)oc2c1C.